The van der Waals surface area contributed by atoms with Gasteiger partial charge in [0.1, 0.15) is 0 Å². The van der Waals surface area contributed by atoms with Gasteiger partial charge in [0.25, 0.3) is 10.0 Å². The second-order valence-corrected chi connectivity index (χ2v) is 8.05. The highest BCUT2D eigenvalue weighted by atomic mass is 32.2. The summed E-state index contributed by atoms with van der Waals surface area (Å²) in [5, 5.41) is 0. The van der Waals surface area contributed by atoms with Crippen molar-refractivity contribution in [3.8, 4) is 0 Å². The number of nitrogens with zero attached hydrogens (tertiary/aromatic N) is 3. The molecule has 0 saturated carbocycles. The van der Waals surface area contributed by atoms with E-state index < -0.39 is 10.0 Å². The molecule has 1 saturated heterocycles. The Morgan fingerprint density at radius 3 is 2.12 bits per heavy atom. The van der Waals surface area contributed by atoms with Crippen molar-refractivity contribution in [2.45, 2.75) is 44.9 Å². The van der Waals surface area contributed by atoms with Gasteiger partial charge in [-0.1, -0.05) is 19.1 Å². The number of sulfonamides is 1. The van der Waals surface area contributed by atoms with E-state index in [1.807, 2.05) is 32.9 Å². The van der Waals surface area contributed by atoms with E-state index in [0.29, 0.717) is 23.0 Å². The van der Waals surface area contributed by atoms with E-state index >= 15 is 0 Å². The Morgan fingerprint density at radius 2 is 1.60 bits per heavy atom. The van der Waals surface area contributed by atoms with Crippen LogP contribution in [0.15, 0.2) is 29.2 Å². The first-order valence-electron chi connectivity index (χ1n) is 8.62. The van der Waals surface area contributed by atoms with Crippen LogP contribution in [0.2, 0.25) is 0 Å². The molecule has 1 aliphatic rings. The molecule has 25 heavy (non-hydrogen) atoms. The fourth-order valence-electron chi connectivity index (χ4n) is 3.00. The highest BCUT2D eigenvalue weighted by Crippen LogP contribution is 2.25. The average Bonchev–Trinajstić information content (AvgIpc) is 3.12. The predicted octanol–water partition coefficient (Wildman–Crippen LogP) is 3.06. The zero-order valence-electron chi connectivity index (χ0n) is 14.9. The fourth-order valence-corrected chi connectivity index (χ4v) is 4.18. The molecular weight excluding hydrogens is 336 g/mol. The van der Waals surface area contributed by atoms with Crippen LogP contribution in [0.25, 0.3) is 0 Å². The van der Waals surface area contributed by atoms with E-state index in [9.17, 15) is 8.42 Å². The highest BCUT2D eigenvalue weighted by molar-refractivity contribution is 7.92. The number of rotatable bonds is 5. The number of hydrogen-bond acceptors (Lipinski definition) is 5. The van der Waals surface area contributed by atoms with E-state index in [1.165, 1.54) is 0 Å². The molecule has 134 valence electrons. The lowest BCUT2D eigenvalue weighted by atomic mass is 10.2. The zero-order valence-corrected chi connectivity index (χ0v) is 15.7. The maximum absolute atomic E-state index is 12.7. The molecule has 1 fully saturated rings. The molecule has 2 aromatic rings. The summed E-state index contributed by atoms with van der Waals surface area (Å²) in [6.07, 6.45) is 3.16. The van der Waals surface area contributed by atoms with Gasteiger partial charge in [0, 0.05) is 13.1 Å². The molecule has 0 bridgehead atoms. The monoisotopic (exact) mass is 360 g/mol. The van der Waals surface area contributed by atoms with Crippen LogP contribution < -0.4 is 9.62 Å². The van der Waals surface area contributed by atoms with E-state index in [0.717, 1.165) is 37.9 Å². The Kier molecular flexibility index (Phi) is 4.94. The number of nitrogens with one attached hydrogen (secondary N) is 1. The third-order valence-electron chi connectivity index (χ3n) is 4.53. The molecule has 6 nitrogen and oxygen atoms in total. The highest BCUT2D eigenvalue weighted by Gasteiger charge is 2.21. The van der Waals surface area contributed by atoms with E-state index in [4.69, 9.17) is 0 Å². The first-order valence-corrected chi connectivity index (χ1v) is 10.1. The third kappa shape index (κ3) is 3.76. The van der Waals surface area contributed by atoms with Crippen molar-refractivity contribution in [2.24, 2.45) is 0 Å². The van der Waals surface area contributed by atoms with Crippen LogP contribution >= 0.6 is 0 Å². The van der Waals surface area contributed by atoms with Crippen LogP contribution in [0.5, 0.6) is 0 Å². The topological polar surface area (TPSA) is 75.2 Å². The van der Waals surface area contributed by atoms with Crippen molar-refractivity contribution in [1.29, 1.82) is 0 Å². The number of aromatic nitrogens is 2. The fraction of sp³-hybridized carbons (Fsp3) is 0.444. The van der Waals surface area contributed by atoms with Gasteiger partial charge in [-0.3, -0.25) is 4.72 Å². The van der Waals surface area contributed by atoms with Gasteiger partial charge in [-0.05, 0) is 50.8 Å². The molecule has 0 spiro atoms. The van der Waals surface area contributed by atoms with Crippen molar-refractivity contribution in [1.82, 2.24) is 9.97 Å². The summed E-state index contributed by atoms with van der Waals surface area (Å²) in [5.74, 6) is 0.683. The summed E-state index contributed by atoms with van der Waals surface area (Å²) >= 11 is 0. The smallest absolute Gasteiger partial charge is 0.262 e. The lowest BCUT2D eigenvalue weighted by Crippen LogP contribution is -2.22. The van der Waals surface area contributed by atoms with Crippen molar-refractivity contribution in [3.05, 3.63) is 41.2 Å². The number of aryl methyl sites for hydroxylation is 3. The number of benzene rings is 1. The van der Waals surface area contributed by atoms with Gasteiger partial charge in [0.05, 0.1) is 22.0 Å². The average molecular weight is 360 g/mol. The minimum absolute atomic E-state index is 0.243. The Bertz CT molecular complexity index is 834. The van der Waals surface area contributed by atoms with Gasteiger partial charge in [0.2, 0.25) is 5.95 Å². The molecule has 2 heterocycles. The second kappa shape index (κ2) is 7.00. The predicted molar refractivity (Wildman–Crippen MR) is 99.6 cm³/mol. The molecule has 0 unspecified atom stereocenters. The molecule has 7 heteroatoms. The van der Waals surface area contributed by atoms with Crippen molar-refractivity contribution in [3.63, 3.8) is 0 Å². The summed E-state index contributed by atoms with van der Waals surface area (Å²) in [6.45, 7) is 7.56. The van der Waals surface area contributed by atoms with Crippen molar-refractivity contribution < 1.29 is 8.42 Å². The SMILES string of the molecule is CCc1ccc(S(=O)(=O)Nc2c(C)nc(N3CCCC3)nc2C)cc1. The summed E-state index contributed by atoms with van der Waals surface area (Å²) in [7, 11) is -3.66. The molecule has 0 radical (unpaired) electrons. The second-order valence-electron chi connectivity index (χ2n) is 6.37. The Labute approximate surface area is 149 Å². The minimum Gasteiger partial charge on any atom is -0.341 e. The summed E-state index contributed by atoms with van der Waals surface area (Å²) < 4.78 is 28.0. The number of hydrogen-bond donors (Lipinski definition) is 1. The first-order chi connectivity index (χ1) is 11.9. The van der Waals surface area contributed by atoms with Gasteiger partial charge in [-0.25, -0.2) is 18.4 Å². The van der Waals surface area contributed by atoms with Crippen LogP contribution in [0, 0.1) is 13.8 Å². The molecule has 1 N–H and O–H groups in total. The molecule has 1 aliphatic heterocycles. The van der Waals surface area contributed by atoms with Gasteiger partial charge in [-0.15, -0.1) is 0 Å². The summed E-state index contributed by atoms with van der Waals surface area (Å²) in [6, 6.07) is 6.93. The van der Waals surface area contributed by atoms with Gasteiger partial charge in [0.15, 0.2) is 0 Å². The largest absolute Gasteiger partial charge is 0.341 e. The van der Waals surface area contributed by atoms with E-state index in [2.05, 4.69) is 19.6 Å². The lowest BCUT2D eigenvalue weighted by Gasteiger charge is -2.19. The van der Waals surface area contributed by atoms with Crippen LogP contribution in [0.1, 0.15) is 36.7 Å². The minimum atomic E-state index is -3.66. The van der Waals surface area contributed by atoms with Crippen LogP contribution in [-0.4, -0.2) is 31.5 Å². The molecule has 1 aromatic carbocycles. The Balaban J connectivity index is 1.88. The van der Waals surface area contributed by atoms with Crippen molar-refractivity contribution >= 4 is 21.7 Å². The molecule has 0 aliphatic carbocycles. The van der Waals surface area contributed by atoms with Gasteiger partial charge >= 0.3 is 0 Å². The molecular formula is C18H24N4O2S. The van der Waals surface area contributed by atoms with Crippen LogP contribution in [0.4, 0.5) is 11.6 Å². The van der Waals surface area contributed by atoms with Crippen molar-refractivity contribution in [2.75, 3.05) is 22.7 Å². The quantitative estimate of drug-likeness (QED) is 0.887. The van der Waals surface area contributed by atoms with Crippen LogP contribution in [0.3, 0.4) is 0 Å². The molecule has 0 atom stereocenters. The van der Waals surface area contributed by atoms with E-state index in [1.54, 1.807) is 12.1 Å². The Hall–Kier alpha value is -2.15. The molecule has 1 aromatic heterocycles. The zero-order chi connectivity index (χ0) is 18.0. The first kappa shape index (κ1) is 17.7. The standard InChI is InChI=1S/C18H24N4O2S/c1-4-15-7-9-16(10-8-15)25(23,24)21-17-13(2)19-18(20-14(17)3)22-11-5-6-12-22/h7-10,21H,4-6,11-12H2,1-3H3. The third-order valence-corrected chi connectivity index (χ3v) is 5.89. The maximum atomic E-state index is 12.7. The Morgan fingerprint density at radius 1 is 1.04 bits per heavy atom. The lowest BCUT2D eigenvalue weighted by molar-refractivity contribution is 0.601. The van der Waals surface area contributed by atoms with Gasteiger partial charge in [-0.2, -0.15) is 0 Å². The van der Waals surface area contributed by atoms with Crippen LogP contribution in [-0.2, 0) is 16.4 Å². The molecule has 3 rings (SSSR count). The molecule has 0 amide bonds. The maximum Gasteiger partial charge on any atom is 0.262 e. The van der Waals surface area contributed by atoms with Gasteiger partial charge < -0.3 is 4.90 Å². The summed E-state index contributed by atoms with van der Waals surface area (Å²) in [4.78, 5) is 11.4. The normalized spacial score (nSPS) is 14.8. The number of anilines is 2. The summed E-state index contributed by atoms with van der Waals surface area (Å²) in [5.41, 5.74) is 2.85. The van der Waals surface area contributed by atoms with E-state index in [-0.39, 0.29) is 4.90 Å².